The van der Waals surface area contributed by atoms with Crippen molar-refractivity contribution in [3.63, 3.8) is 0 Å². The summed E-state index contributed by atoms with van der Waals surface area (Å²) in [5.74, 6) is -0.302. The van der Waals surface area contributed by atoms with E-state index in [1.807, 2.05) is 44.4 Å². The van der Waals surface area contributed by atoms with Gasteiger partial charge in [0.2, 0.25) is 5.88 Å². The number of fused-ring (bicyclic) bond motifs is 1. The monoisotopic (exact) mass is 499 g/mol. The maximum Gasteiger partial charge on any atom is 0.420 e. The van der Waals surface area contributed by atoms with Crippen molar-refractivity contribution >= 4 is 11.6 Å². The number of methoxy groups -OCH3 is 1. The first-order valence-electron chi connectivity index (χ1n) is 11.6. The van der Waals surface area contributed by atoms with Crippen molar-refractivity contribution in [1.82, 2.24) is 9.88 Å². The second-order valence-electron chi connectivity index (χ2n) is 8.88. The van der Waals surface area contributed by atoms with Gasteiger partial charge in [0.05, 0.1) is 18.2 Å². The molecule has 3 aromatic rings. The smallest absolute Gasteiger partial charge is 0.420 e. The number of carbonyl (C=O) groups is 1. The summed E-state index contributed by atoms with van der Waals surface area (Å²) in [6, 6.07) is 15.4. The van der Waals surface area contributed by atoms with E-state index in [2.05, 4.69) is 9.88 Å². The number of pyridine rings is 1. The highest BCUT2D eigenvalue weighted by Gasteiger charge is 2.37. The van der Waals surface area contributed by atoms with Crippen LogP contribution in [0.15, 0.2) is 60.8 Å². The van der Waals surface area contributed by atoms with Crippen LogP contribution in [0.4, 0.5) is 18.9 Å². The van der Waals surface area contributed by atoms with E-state index >= 15 is 0 Å². The van der Waals surface area contributed by atoms with Crippen LogP contribution in [0.1, 0.15) is 39.6 Å². The third kappa shape index (κ3) is 5.62. The number of alkyl halides is 3. The Morgan fingerprint density at radius 3 is 2.50 bits per heavy atom. The van der Waals surface area contributed by atoms with Gasteiger partial charge in [0.25, 0.3) is 5.91 Å². The summed E-state index contributed by atoms with van der Waals surface area (Å²) in [4.78, 5) is 20.9. The lowest BCUT2D eigenvalue weighted by atomic mass is 10.1. The normalized spacial score (nSPS) is 14.0. The fraction of sp³-hybridized carbons (Fsp3) is 0.333. The minimum absolute atomic E-state index is 0.219. The Bertz CT molecular complexity index is 1200. The highest BCUT2D eigenvalue weighted by molar-refractivity contribution is 6.07. The molecule has 1 amide bonds. The lowest BCUT2D eigenvalue weighted by molar-refractivity contribution is -0.138. The maximum absolute atomic E-state index is 13.5. The summed E-state index contributed by atoms with van der Waals surface area (Å²) in [6.07, 6.45) is -2.23. The molecule has 1 aliphatic heterocycles. The molecule has 1 aliphatic rings. The Balaban J connectivity index is 1.53. The minimum atomic E-state index is -4.60. The predicted molar refractivity (Wildman–Crippen MR) is 131 cm³/mol. The first-order valence-corrected chi connectivity index (χ1v) is 11.6. The molecule has 0 fully saturated rings. The van der Waals surface area contributed by atoms with Crippen LogP contribution in [0.2, 0.25) is 0 Å². The molecule has 0 saturated carbocycles. The van der Waals surface area contributed by atoms with Gasteiger partial charge in [-0.1, -0.05) is 30.3 Å². The van der Waals surface area contributed by atoms with E-state index in [-0.39, 0.29) is 29.6 Å². The van der Waals surface area contributed by atoms with Crippen LogP contribution < -0.4 is 14.4 Å². The van der Waals surface area contributed by atoms with Gasteiger partial charge in [-0.25, -0.2) is 4.98 Å². The number of nitrogens with zero attached hydrogens (tertiary/aromatic N) is 3. The van der Waals surface area contributed by atoms with Crippen molar-refractivity contribution in [1.29, 1.82) is 0 Å². The average Bonchev–Trinajstić information content (AvgIpc) is 3.28. The van der Waals surface area contributed by atoms with Crippen LogP contribution in [0.3, 0.4) is 0 Å². The zero-order valence-electron chi connectivity index (χ0n) is 20.4. The molecular formula is C27H28F3N3O3. The van der Waals surface area contributed by atoms with Crippen molar-refractivity contribution in [2.45, 2.75) is 25.1 Å². The molecule has 36 heavy (non-hydrogen) atoms. The maximum atomic E-state index is 13.5. The number of aromatic nitrogens is 1. The van der Waals surface area contributed by atoms with Gasteiger partial charge < -0.3 is 19.3 Å². The van der Waals surface area contributed by atoms with Gasteiger partial charge in [0.1, 0.15) is 11.9 Å². The zero-order valence-corrected chi connectivity index (χ0v) is 20.4. The summed E-state index contributed by atoms with van der Waals surface area (Å²) in [5, 5.41) is 0. The van der Waals surface area contributed by atoms with Crippen LogP contribution in [-0.4, -0.2) is 50.1 Å². The van der Waals surface area contributed by atoms with Crippen LogP contribution in [0.25, 0.3) is 0 Å². The lowest BCUT2D eigenvalue weighted by Gasteiger charge is -2.22. The number of halogens is 3. The number of anilines is 1. The van der Waals surface area contributed by atoms with Crippen molar-refractivity contribution in [2.24, 2.45) is 0 Å². The van der Waals surface area contributed by atoms with Crippen molar-refractivity contribution in [2.75, 3.05) is 39.2 Å². The number of amides is 1. The van der Waals surface area contributed by atoms with Crippen molar-refractivity contribution < 1.29 is 27.4 Å². The molecule has 6 nitrogen and oxygen atoms in total. The molecule has 1 atom stereocenters. The first-order chi connectivity index (χ1) is 17.2. The molecule has 1 aromatic heterocycles. The Hall–Kier alpha value is -3.59. The molecule has 190 valence electrons. The second kappa shape index (κ2) is 10.6. The van der Waals surface area contributed by atoms with E-state index in [9.17, 15) is 18.0 Å². The number of benzene rings is 2. The molecular weight excluding hydrogens is 471 g/mol. The molecule has 0 bridgehead atoms. The van der Waals surface area contributed by atoms with E-state index in [4.69, 9.17) is 9.47 Å². The number of ether oxygens (including phenoxy) is 2. The van der Waals surface area contributed by atoms with Gasteiger partial charge in [-0.3, -0.25) is 4.79 Å². The molecule has 0 radical (unpaired) electrons. The SMILES string of the molecule is COc1cc2c(cc1C(F)(F)F)N(C(=O)c1ccc(OC(CCN(C)C)c3ccccc3)nc1)CC2. The summed E-state index contributed by atoms with van der Waals surface area (Å²) in [7, 11) is 5.18. The fourth-order valence-electron chi connectivity index (χ4n) is 4.23. The Labute approximate surface area is 208 Å². The second-order valence-corrected chi connectivity index (χ2v) is 8.88. The standard InChI is InChI=1S/C27H28F3N3O3/c1-32(2)13-12-23(18-7-5-4-6-8-18)36-25-10-9-20(17-31-25)26(34)33-14-11-19-15-24(35-3)21(16-22(19)33)27(28,29)30/h4-10,15-17,23H,11-14H2,1-3H3. The Kier molecular flexibility index (Phi) is 7.49. The lowest BCUT2D eigenvalue weighted by Crippen LogP contribution is -2.29. The highest BCUT2D eigenvalue weighted by Crippen LogP contribution is 2.42. The number of hydrogen-bond acceptors (Lipinski definition) is 5. The van der Waals surface area contributed by atoms with Gasteiger partial charge in [0, 0.05) is 37.5 Å². The van der Waals surface area contributed by atoms with Gasteiger partial charge in [-0.15, -0.1) is 0 Å². The third-order valence-corrected chi connectivity index (χ3v) is 6.10. The zero-order chi connectivity index (χ0) is 25.9. The summed E-state index contributed by atoms with van der Waals surface area (Å²) in [5.41, 5.74) is 1.25. The van der Waals surface area contributed by atoms with E-state index < -0.39 is 17.6 Å². The van der Waals surface area contributed by atoms with Gasteiger partial charge in [0.15, 0.2) is 0 Å². The van der Waals surface area contributed by atoms with Crippen LogP contribution in [0.5, 0.6) is 11.6 Å². The molecule has 9 heteroatoms. The molecule has 4 rings (SSSR count). The molecule has 0 N–H and O–H groups in total. The number of rotatable bonds is 8. The molecule has 0 saturated heterocycles. The molecule has 0 aliphatic carbocycles. The van der Waals surface area contributed by atoms with E-state index in [1.165, 1.54) is 24.3 Å². The first kappa shape index (κ1) is 25.5. The number of hydrogen-bond donors (Lipinski definition) is 0. The van der Waals surface area contributed by atoms with Gasteiger partial charge in [-0.05, 0) is 49.8 Å². The van der Waals surface area contributed by atoms with E-state index in [0.717, 1.165) is 24.6 Å². The minimum Gasteiger partial charge on any atom is -0.496 e. The van der Waals surface area contributed by atoms with Crippen LogP contribution in [-0.2, 0) is 12.6 Å². The molecule has 0 spiro atoms. The van der Waals surface area contributed by atoms with E-state index in [1.54, 1.807) is 12.1 Å². The number of carbonyl (C=O) groups excluding carboxylic acids is 1. The predicted octanol–water partition coefficient (Wildman–Crippen LogP) is 5.38. The summed E-state index contributed by atoms with van der Waals surface area (Å²) >= 11 is 0. The van der Waals surface area contributed by atoms with Crippen molar-refractivity contribution in [3.05, 3.63) is 83.0 Å². The quantitative estimate of drug-likeness (QED) is 0.416. The van der Waals surface area contributed by atoms with Gasteiger partial charge in [-0.2, -0.15) is 13.2 Å². The summed E-state index contributed by atoms with van der Waals surface area (Å²) in [6.45, 7) is 1.09. The van der Waals surface area contributed by atoms with Crippen LogP contribution in [0, 0.1) is 0 Å². The molecule has 2 aromatic carbocycles. The van der Waals surface area contributed by atoms with Crippen LogP contribution >= 0.6 is 0 Å². The average molecular weight is 500 g/mol. The topological polar surface area (TPSA) is 54.9 Å². The van der Waals surface area contributed by atoms with Crippen molar-refractivity contribution in [3.8, 4) is 11.6 Å². The molecule has 2 heterocycles. The highest BCUT2D eigenvalue weighted by atomic mass is 19.4. The largest absolute Gasteiger partial charge is 0.496 e. The van der Waals surface area contributed by atoms with Gasteiger partial charge >= 0.3 is 6.18 Å². The summed E-state index contributed by atoms with van der Waals surface area (Å²) < 4.78 is 51.6. The fourth-order valence-corrected chi connectivity index (χ4v) is 4.23. The Morgan fingerprint density at radius 2 is 1.89 bits per heavy atom. The third-order valence-electron chi connectivity index (χ3n) is 6.10. The molecule has 1 unspecified atom stereocenters. The Morgan fingerprint density at radius 1 is 1.14 bits per heavy atom. The van der Waals surface area contributed by atoms with E-state index in [0.29, 0.717) is 17.9 Å².